The minimum Gasteiger partial charge on any atom is -0.450 e. The number of thioether (sulfide) groups is 1. The predicted octanol–water partition coefficient (Wildman–Crippen LogP) is 6.70. The number of amides is 3. The molecule has 0 aromatic heterocycles. The summed E-state index contributed by atoms with van der Waals surface area (Å²) in [5.74, 6) is -1.47. The molecule has 1 saturated heterocycles. The van der Waals surface area contributed by atoms with E-state index in [1.54, 1.807) is 12.1 Å². The van der Waals surface area contributed by atoms with Gasteiger partial charge in [0.05, 0.1) is 15.4 Å². The Balaban J connectivity index is 1.43. The highest BCUT2D eigenvalue weighted by Crippen LogP contribution is 2.38. The summed E-state index contributed by atoms with van der Waals surface area (Å²) in [6.07, 6.45) is -3.33. The number of hydrogen-bond donors (Lipinski definition) is 1. The van der Waals surface area contributed by atoms with Crippen molar-refractivity contribution in [3.63, 3.8) is 0 Å². The number of nitrogens with zero attached hydrogens (tertiary/aromatic N) is 2. The average Bonchev–Trinajstić information content (AvgIpc) is 3.14. The fourth-order valence-electron chi connectivity index (χ4n) is 3.63. The van der Waals surface area contributed by atoms with Crippen LogP contribution in [0.4, 0.5) is 29.3 Å². The molecule has 1 fully saturated rings. The van der Waals surface area contributed by atoms with E-state index in [1.807, 2.05) is 19.9 Å². The van der Waals surface area contributed by atoms with E-state index in [2.05, 4.69) is 5.32 Å². The van der Waals surface area contributed by atoms with Gasteiger partial charge in [0.15, 0.2) is 0 Å². The first-order valence-electron chi connectivity index (χ1n) is 11.6. The van der Waals surface area contributed by atoms with Crippen LogP contribution < -0.4 is 10.1 Å². The van der Waals surface area contributed by atoms with E-state index in [9.17, 15) is 37.7 Å². The summed E-state index contributed by atoms with van der Waals surface area (Å²) in [7, 11) is 0. The molecule has 40 heavy (non-hydrogen) atoms. The van der Waals surface area contributed by atoms with Crippen LogP contribution in [0.2, 0.25) is 0 Å². The van der Waals surface area contributed by atoms with Gasteiger partial charge in [-0.15, -0.1) is 0 Å². The fourth-order valence-corrected chi connectivity index (χ4v) is 4.47. The van der Waals surface area contributed by atoms with Gasteiger partial charge in [-0.25, -0.2) is 0 Å². The van der Waals surface area contributed by atoms with E-state index in [0.717, 1.165) is 22.1 Å². The first-order valence-corrected chi connectivity index (χ1v) is 12.4. The molecule has 0 spiro atoms. The Labute approximate surface area is 229 Å². The molecule has 0 bridgehead atoms. The third kappa shape index (κ3) is 6.49. The Morgan fingerprint density at radius 3 is 2.38 bits per heavy atom. The minimum absolute atomic E-state index is 0.0797. The Hall–Kier alpha value is -4.65. The summed E-state index contributed by atoms with van der Waals surface area (Å²) in [5.41, 5.74) is 1.00. The number of halogens is 3. The topological polar surface area (TPSA) is 119 Å². The second-order valence-electron chi connectivity index (χ2n) is 8.72. The van der Waals surface area contributed by atoms with E-state index < -0.39 is 45.9 Å². The summed E-state index contributed by atoms with van der Waals surface area (Å²) >= 11 is 0.665. The zero-order chi connectivity index (χ0) is 29.2. The van der Waals surface area contributed by atoms with E-state index in [1.165, 1.54) is 30.3 Å². The van der Waals surface area contributed by atoms with Crippen LogP contribution in [0, 0.1) is 24.0 Å². The summed E-state index contributed by atoms with van der Waals surface area (Å²) in [4.78, 5) is 48.8. The molecule has 1 aliphatic heterocycles. The lowest BCUT2D eigenvalue weighted by atomic mass is 10.1. The molecule has 0 atom stereocenters. The molecule has 0 radical (unpaired) electrons. The second-order valence-corrected chi connectivity index (χ2v) is 9.72. The van der Waals surface area contributed by atoms with Crippen molar-refractivity contribution in [2.45, 2.75) is 20.0 Å². The molecule has 0 aliphatic carbocycles. The smallest absolute Gasteiger partial charge is 0.416 e. The molecule has 13 heteroatoms. The number of anilines is 1. The van der Waals surface area contributed by atoms with Crippen LogP contribution in [-0.4, -0.2) is 33.4 Å². The van der Waals surface area contributed by atoms with Gasteiger partial charge in [0.2, 0.25) is 11.7 Å². The van der Waals surface area contributed by atoms with Crippen molar-refractivity contribution < 1.29 is 37.2 Å². The third-order valence-electron chi connectivity index (χ3n) is 5.85. The lowest BCUT2D eigenvalue weighted by molar-refractivity contribution is -0.385. The minimum atomic E-state index is -4.75. The number of nitro groups is 1. The summed E-state index contributed by atoms with van der Waals surface area (Å²) in [5, 5.41) is 13.3. The molecule has 3 aromatic carbocycles. The molecule has 0 saturated carbocycles. The maximum atomic E-state index is 12.9. The van der Waals surface area contributed by atoms with Crippen molar-refractivity contribution in [2.24, 2.45) is 0 Å². The lowest BCUT2D eigenvalue weighted by Crippen LogP contribution is -2.36. The monoisotopic (exact) mass is 571 g/mol. The van der Waals surface area contributed by atoms with E-state index >= 15 is 0 Å². The molecule has 3 aromatic rings. The number of nitrogens with one attached hydrogen (secondary N) is 1. The van der Waals surface area contributed by atoms with E-state index in [-0.39, 0.29) is 16.4 Å². The van der Waals surface area contributed by atoms with Gasteiger partial charge in [0, 0.05) is 11.8 Å². The first kappa shape index (κ1) is 28.4. The zero-order valence-corrected chi connectivity index (χ0v) is 21.8. The quantitative estimate of drug-likeness (QED) is 0.190. The normalized spacial score (nSPS) is 14.5. The van der Waals surface area contributed by atoms with Crippen LogP contribution in [0.1, 0.15) is 22.3 Å². The van der Waals surface area contributed by atoms with Gasteiger partial charge < -0.3 is 10.1 Å². The van der Waals surface area contributed by atoms with Crippen molar-refractivity contribution >= 4 is 46.3 Å². The Morgan fingerprint density at radius 1 is 1.05 bits per heavy atom. The number of carbonyl (C=O) groups is 3. The van der Waals surface area contributed by atoms with Crippen molar-refractivity contribution in [1.29, 1.82) is 0 Å². The Bertz CT molecular complexity index is 1550. The Morgan fingerprint density at radius 2 is 1.75 bits per heavy atom. The van der Waals surface area contributed by atoms with Crippen LogP contribution in [-0.2, 0) is 15.8 Å². The van der Waals surface area contributed by atoms with E-state index in [0.29, 0.717) is 35.1 Å². The highest BCUT2D eigenvalue weighted by molar-refractivity contribution is 8.18. The van der Waals surface area contributed by atoms with Gasteiger partial charge in [-0.3, -0.25) is 29.4 Å². The predicted molar refractivity (Wildman–Crippen MR) is 142 cm³/mol. The average molecular weight is 572 g/mol. The molecule has 4 rings (SSSR count). The van der Waals surface area contributed by atoms with Crippen LogP contribution in [0.5, 0.6) is 11.5 Å². The largest absolute Gasteiger partial charge is 0.450 e. The standard InChI is InChI=1S/C27H20F3N3O6S/c1-15-3-7-19(11-16(15)2)31-24(34)14-32-25(35)23(40-26(32)36)12-17-4-8-20(9-5-17)39-22-10-6-18(27(28,29)30)13-21(22)33(37)38/h3-13H,14H2,1-2H3,(H,31,34)/b23-12+. The van der Waals surface area contributed by atoms with E-state index in [4.69, 9.17) is 4.74 Å². The first-order chi connectivity index (χ1) is 18.8. The van der Waals surface area contributed by atoms with Gasteiger partial charge in [0.1, 0.15) is 12.3 Å². The molecule has 1 aliphatic rings. The highest BCUT2D eigenvalue weighted by Gasteiger charge is 2.36. The molecule has 0 unspecified atom stereocenters. The molecular formula is C27H20F3N3O6S. The van der Waals surface area contributed by atoms with Gasteiger partial charge in [-0.2, -0.15) is 13.2 Å². The maximum absolute atomic E-state index is 12.9. The molecule has 1 N–H and O–H groups in total. The number of nitro benzene ring substituents is 1. The van der Waals surface area contributed by atoms with Gasteiger partial charge in [-0.1, -0.05) is 18.2 Å². The highest BCUT2D eigenvalue weighted by atomic mass is 32.2. The molecular weight excluding hydrogens is 551 g/mol. The lowest BCUT2D eigenvalue weighted by Gasteiger charge is -2.13. The van der Waals surface area contributed by atoms with Crippen LogP contribution in [0.15, 0.2) is 65.6 Å². The van der Waals surface area contributed by atoms with Gasteiger partial charge in [-0.05, 0) is 84.8 Å². The van der Waals surface area contributed by atoms with Crippen LogP contribution in [0.3, 0.4) is 0 Å². The number of hydrogen-bond acceptors (Lipinski definition) is 7. The van der Waals surface area contributed by atoms with Crippen molar-refractivity contribution in [3.05, 3.63) is 97.9 Å². The molecule has 1 heterocycles. The summed E-state index contributed by atoms with van der Waals surface area (Å²) in [6, 6.07) is 13.0. The van der Waals surface area contributed by atoms with Crippen LogP contribution in [0.25, 0.3) is 6.08 Å². The number of imide groups is 1. The van der Waals surface area contributed by atoms with Gasteiger partial charge >= 0.3 is 11.9 Å². The zero-order valence-electron chi connectivity index (χ0n) is 20.9. The number of rotatable bonds is 7. The van der Waals surface area contributed by atoms with Crippen molar-refractivity contribution in [3.8, 4) is 11.5 Å². The Kier molecular flexibility index (Phi) is 7.96. The number of benzene rings is 3. The number of aryl methyl sites for hydroxylation is 2. The molecule has 206 valence electrons. The second kappa shape index (κ2) is 11.2. The number of ether oxygens (including phenoxy) is 1. The maximum Gasteiger partial charge on any atom is 0.416 e. The van der Waals surface area contributed by atoms with Gasteiger partial charge in [0.25, 0.3) is 11.1 Å². The molecule has 3 amide bonds. The van der Waals surface area contributed by atoms with Crippen molar-refractivity contribution in [1.82, 2.24) is 4.90 Å². The molecule has 9 nitrogen and oxygen atoms in total. The van der Waals surface area contributed by atoms with Crippen LogP contribution >= 0.6 is 11.8 Å². The SMILES string of the molecule is Cc1ccc(NC(=O)CN2C(=O)S/C(=C/c3ccc(Oc4ccc(C(F)(F)F)cc4[N+](=O)[O-])cc3)C2=O)cc1C. The number of alkyl halides is 3. The third-order valence-corrected chi connectivity index (χ3v) is 6.76. The fraction of sp³-hybridized carbons (Fsp3) is 0.148. The van der Waals surface area contributed by atoms with Crippen molar-refractivity contribution in [2.75, 3.05) is 11.9 Å². The summed E-state index contributed by atoms with van der Waals surface area (Å²) < 4.78 is 44.2. The number of carbonyl (C=O) groups excluding carboxylic acids is 3. The summed E-state index contributed by atoms with van der Waals surface area (Å²) in [6.45, 7) is 3.36.